The Morgan fingerprint density at radius 2 is 2.21 bits per heavy atom. The molecule has 0 saturated carbocycles. The number of imidazole rings is 1. The predicted octanol–water partition coefficient (Wildman–Crippen LogP) is 1.56. The van der Waals surface area contributed by atoms with Gasteiger partial charge in [0.2, 0.25) is 0 Å². The number of hydrogen-bond acceptors (Lipinski definition) is 4. The molecule has 0 aliphatic rings. The number of benzene rings is 1. The number of aryl methyl sites for hydroxylation is 1. The zero-order chi connectivity index (χ0) is 13.7. The number of carbonyl (C=O) groups excluding carboxylic acids is 1. The molecular formula is C14H17N3O2. The second kappa shape index (κ2) is 6.04. The van der Waals surface area contributed by atoms with Crippen LogP contribution in [0.25, 0.3) is 0 Å². The first kappa shape index (κ1) is 13.1. The molecule has 2 N–H and O–H groups in total. The second-order valence-electron chi connectivity index (χ2n) is 4.26. The molecule has 1 aromatic heterocycles. The van der Waals surface area contributed by atoms with E-state index in [1.807, 2.05) is 35.9 Å². The highest BCUT2D eigenvalue weighted by atomic mass is 16.5. The fourth-order valence-electron chi connectivity index (χ4n) is 1.80. The first-order valence-electron chi connectivity index (χ1n) is 6.13. The molecule has 1 aromatic carbocycles. The summed E-state index contributed by atoms with van der Waals surface area (Å²) >= 11 is 0. The molecule has 1 heterocycles. The van der Waals surface area contributed by atoms with Gasteiger partial charge in [0.1, 0.15) is 12.4 Å². The highest BCUT2D eigenvalue weighted by molar-refractivity contribution is 5.74. The molecule has 0 atom stereocenters. The molecule has 0 radical (unpaired) electrons. The fraction of sp³-hybridized carbons (Fsp3) is 0.286. The van der Waals surface area contributed by atoms with Gasteiger partial charge in [0, 0.05) is 18.1 Å². The van der Waals surface area contributed by atoms with Gasteiger partial charge in [0.05, 0.1) is 13.0 Å². The van der Waals surface area contributed by atoms with Gasteiger partial charge in [-0.25, -0.2) is 4.98 Å². The maximum absolute atomic E-state index is 11.7. The minimum Gasteiger partial charge on any atom is -0.464 e. The van der Waals surface area contributed by atoms with Crippen molar-refractivity contribution >= 4 is 11.7 Å². The molecule has 5 heteroatoms. The van der Waals surface area contributed by atoms with Crippen molar-refractivity contribution in [1.82, 2.24) is 9.55 Å². The molecule has 19 heavy (non-hydrogen) atoms. The van der Waals surface area contributed by atoms with Crippen LogP contribution in [0, 0.1) is 6.92 Å². The standard InChI is InChI=1S/C14H17N3O2/c1-11-16-6-7-17(11)8-9-19-14(18)10-12-4-2-3-5-13(12)15/h2-7H,8-10,15H2,1H3. The van der Waals surface area contributed by atoms with E-state index in [-0.39, 0.29) is 12.4 Å². The number of nitrogens with zero attached hydrogens (tertiary/aromatic N) is 2. The number of nitrogen functional groups attached to an aromatic ring is 1. The van der Waals surface area contributed by atoms with Gasteiger partial charge in [-0.2, -0.15) is 0 Å². The highest BCUT2D eigenvalue weighted by Gasteiger charge is 2.07. The van der Waals surface area contributed by atoms with Gasteiger partial charge in [0.25, 0.3) is 0 Å². The highest BCUT2D eigenvalue weighted by Crippen LogP contribution is 2.11. The van der Waals surface area contributed by atoms with Crippen LogP contribution in [0.4, 0.5) is 5.69 Å². The van der Waals surface area contributed by atoms with E-state index in [0.717, 1.165) is 11.4 Å². The van der Waals surface area contributed by atoms with E-state index in [9.17, 15) is 4.79 Å². The summed E-state index contributed by atoms with van der Waals surface area (Å²) in [5, 5.41) is 0. The molecule has 100 valence electrons. The van der Waals surface area contributed by atoms with Crippen molar-refractivity contribution < 1.29 is 9.53 Å². The minimum absolute atomic E-state index is 0.204. The van der Waals surface area contributed by atoms with Crippen LogP contribution in [0.1, 0.15) is 11.4 Å². The number of ether oxygens (including phenoxy) is 1. The first-order valence-corrected chi connectivity index (χ1v) is 6.13. The van der Waals surface area contributed by atoms with Crippen LogP contribution in [-0.2, 0) is 22.5 Å². The smallest absolute Gasteiger partial charge is 0.310 e. The number of rotatable bonds is 5. The lowest BCUT2D eigenvalue weighted by atomic mass is 10.1. The Bertz CT molecular complexity index is 563. The third kappa shape index (κ3) is 3.58. The Kier molecular flexibility index (Phi) is 4.18. The van der Waals surface area contributed by atoms with Crippen LogP contribution >= 0.6 is 0 Å². The molecule has 2 aromatic rings. The van der Waals surface area contributed by atoms with Crippen LogP contribution in [0.2, 0.25) is 0 Å². The van der Waals surface area contributed by atoms with Crippen LogP contribution in [-0.4, -0.2) is 22.1 Å². The number of aromatic nitrogens is 2. The molecule has 0 bridgehead atoms. The van der Waals surface area contributed by atoms with E-state index in [2.05, 4.69) is 4.98 Å². The number of nitrogens with two attached hydrogens (primary N) is 1. The van der Waals surface area contributed by atoms with Gasteiger partial charge < -0.3 is 15.0 Å². The molecule has 0 aliphatic carbocycles. The van der Waals surface area contributed by atoms with Crippen molar-refractivity contribution in [2.75, 3.05) is 12.3 Å². The monoisotopic (exact) mass is 259 g/mol. The summed E-state index contributed by atoms with van der Waals surface area (Å²) in [6.07, 6.45) is 3.79. The summed E-state index contributed by atoms with van der Waals surface area (Å²) in [6.45, 7) is 2.86. The molecule has 2 rings (SSSR count). The van der Waals surface area contributed by atoms with Gasteiger partial charge in [-0.05, 0) is 18.6 Å². The fourth-order valence-corrected chi connectivity index (χ4v) is 1.80. The summed E-state index contributed by atoms with van der Waals surface area (Å²) in [5.41, 5.74) is 7.19. The summed E-state index contributed by atoms with van der Waals surface area (Å²) in [7, 11) is 0. The maximum atomic E-state index is 11.7. The minimum atomic E-state index is -0.268. The molecule has 0 amide bonds. The van der Waals surface area contributed by atoms with Gasteiger partial charge >= 0.3 is 5.97 Å². The third-order valence-electron chi connectivity index (χ3n) is 2.91. The largest absolute Gasteiger partial charge is 0.464 e. The zero-order valence-electron chi connectivity index (χ0n) is 10.9. The Morgan fingerprint density at radius 1 is 1.42 bits per heavy atom. The molecule has 0 saturated heterocycles. The normalized spacial score (nSPS) is 10.4. The lowest BCUT2D eigenvalue weighted by Crippen LogP contribution is -2.14. The summed E-state index contributed by atoms with van der Waals surface area (Å²) in [4.78, 5) is 15.8. The Hall–Kier alpha value is -2.30. The average Bonchev–Trinajstić information content (AvgIpc) is 2.78. The maximum Gasteiger partial charge on any atom is 0.310 e. The zero-order valence-corrected chi connectivity index (χ0v) is 10.9. The van der Waals surface area contributed by atoms with Gasteiger partial charge in [-0.3, -0.25) is 4.79 Å². The second-order valence-corrected chi connectivity index (χ2v) is 4.26. The van der Waals surface area contributed by atoms with E-state index in [1.54, 1.807) is 12.3 Å². The molecule has 0 aliphatic heterocycles. The Morgan fingerprint density at radius 3 is 2.89 bits per heavy atom. The van der Waals surface area contributed by atoms with Crippen molar-refractivity contribution in [3.63, 3.8) is 0 Å². The van der Waals surface area contributed by atoms with Gasteiger partial charge in [-0.15, -0.1) is 0 Å². The topological polar surface area (TPSA) is 70.1 Å². The van der Waals surface area contributed by atoms with Crippen molar-refractivity contribution in [3.8, 4) is 0 Å². The van der Waals surface area contributed by atoms with Crippen LogP contribution in [0.5, 0.6) is 0 Å². The number of hydrogen-bond donors (Lipinski definition) is 1. The van der Waals surface area contributed by atoms with Gasteiger partial charge in [0.15, 0.2) is 0 Å². The average molecular weight is 259 g/mol. The molecule has 0 spiro atoms. The van der Waals surface area contributed by atoms with Crippen molar-refractivity contribution in [2.24, 2.45) is 0 Å². The summed E-state index contributed by atoms with van der Waals surface area (Å²) in [6, 6.07) is 7.30. The summed E-state index contributed by atoms with van der Waals surface area (Å²) < 4.78 is 7.12. The number of para-hydroxylation sites is 1. The quantitative estimate of drug-likeness (QED) is 0.653. The lowest BCUT2D eigenvalue weighted by molar-refractivity contribution is -0.143. The number of anilines is 1. The van der Waals surface area contributed by atoms with E-state index >= 15 is 0 Å². The lowest BCUT2D eigenvalue weighted by Gasteiger charge is -2.08. The van der Waals surface area contributed by atoms with Crippen LogP contribution in [0.15, 0.2) is 36.7 Å². The van der Waals surface area contributed by atoms with Gasteiger partial charge in [-0.1, -0.05) is 18.2 Å². The van der Waals surface area contributed by atoms with Crippen molar-refractivity contribution in [3.05, 3.63) is 48.0 Å². The van der Waals surface area contributed by atoms with E-state index < -0.39 is 0 Å². The Labute approximate surface area is 112 Å². The van der Waals surface area contributed by atoms with E-state index in [4.69, 9.17) is 10.5 Å². The molecule has 5 nitrogen and oxygen atoms in total. The van der Waals surface area contributed by atoms with Crippen molar-refractivity contribution in [2.45, 2.75) is 19.9 Å². The third-order valence-corrected chi connectivity index (χ3v) is 2.91. The summed E-state index contributed by atoms with van der Waals surface area (Å²) in [5.74, 6) is 0.638. The van der Waals surface area contributed by atoms with Crippen LogP contribution in [0.3, 0.4) is 0 Å². The molecular weight excluding hydrogens is 242 g/mol. The van der Waals surface area contributed by atoms with Crippen molar-refractivity contribution in [1.29, 1.82) is 0 Å². The molecule has 0 fully saturated rings. The predicted molar refractivity (Wildman–Crippen MR) is 72.5 cm³/mol. The number of esters is 1. The Balaban J connectivity index is 1.79. The SMILES string of the molecule is Cc1nccn1CCOC(=O)Cc1ccccc1N. The van der Waals surface area contributed by atoms with E-state index in [0.29, 0.717) is 18.8 Å². The number of carbonyl (C=O) groups is 1. The molecule has 0 unspecified atom stereocenters. The van der Waals surface area contributed by atoms with Crippen LogP contribution < -0.4 is 5.73 Å². The van der Waals surface area contributed by atoms with E-state index in [1.165, 1.54) is 0 Å². The first-order chi connectivity index (χ1) is 9.16.